The lowest BCUT2D eigenvalue weighted by Crippen LogP contribution is -2.30. The van der Waals surface area contributed by atoms with Crippen LogP contribution in [0.2, 0.25) is 0 Å². The van der Waals surface area contributed by atoms with Gasteiger partial charge in [0.05, 0.1) is 6.04 Å². The maximum absolute atomic E-state index is 12.9. The summed E-state index contributed by atoms with van der Waals surface area (Å²) in [7, 11) is 0. The Bertz CT molecular complexity index is 728. The number of nitrogens with zero attached hydrogens (tertiary/aromatic N) is 1. The molecule has 130 valence electrons. The lowest BCUT2D eigenvalue weighted by molar-refractivity contribution is -0.116. The lowest BCUT2D eigenvalue weighted by Gasteiger charge is -2.25. The molecule has 0 saturated carbocycles. The van der Waals surface area contributed by atoms with Crippen LogP contribution in [0.25, 0.3) is 0 Å². The summed E-state index contributed by atoms with van der Waals surface area (Å²) in [6.07, 6.45) is 2.29. The number of carbonyl (C=O) groups excluding carboxylic acids is 2. The van der Waals surface area contributed by atoms with Crippen LogP contribution in [0.5, 0.6) is 0 Å². The van der Waals surface area contributed by atoms with Crippen LogP contribution < -0.4 is 11.1 Å². The molecule has 3 rings (SSSR count). The minimum Gasteiger partial charge on any atom is -0.332 e. The van der Waals surface area contributed by atoms with E-state index in [4.69, 9.17) is 5.73 Å². The minimum absolute atomic E-state index is 0.0335. The van der Waals surface area contributed by atoms with Crippen molar-refractivity contribution in [3.05, 3.63) is 65.7 Å². The van der Waals surface area contributed by atoms with E-state index >= 15 is 0 Å². The van der Waals surface area contributed by atoms with Crippen molar-refractivity contribution in [1.82, 2.24) is 4.90 Å². The molecule has 3 N–H and O–H groups in total. The third-order valence-electron chi connectivity index (χ3n) is 4.49. The number of nitrogens with two attached hydrogens (primary N) is 1. The highest BCUT2D eigenvalue weighted by Crippen LogP contribution is 2.33. The topological polar surface area (TPSA) is 75.4 Å². The SMILES string of the molecule is NCCC(=O)Nc1ccc(C(=O)N2CCCC2c2ccccc2)cc1. The van der Waals surface area contributed by atoms with Crippen molar-refractivity contribution in [2.45, 2.75) is 25.3 Å². The van der Waals surface area contributed by atoms with Crippen molar-refractivity contribution in [2.24, 2.45) is 5.73 Å². The van der Waals surface area contributed by atoms with Crippen molar-refractivity contribution >= 4 is 17.5 Å². The molecule has 1 aliphatic rings. The second-order valence-corrected chi connectivity index (χ2v) is 6.23. The first-order chi connectivity index (χ1) is 12.2. The van der Waals surface area contributed by atoms with Crippen LogP contribution in [-0.2, 0) is 4.79 Å². The van der Waals surface area contributed by atoms with E-state index in [2.05, 4.69) is 17.4 Å². The average molecular weight is 337 g/mol. The molecule has 25 heavy (non-hydrogen) atoms. The minimum atomic E-state index is -0.120. The molecule has 0 aromatic heterocycles. The van der Waals surface area contributed by atoms with Crippen molar-refractivity contribution in [3.63, 3.8) is 0 Å². The van der Waals surface area contributed by atoms with E-state index in [0.29, 0.717) is 17.8 Å². The molecule has 1 aliphatic heterocycles. The number of carbonyl (C=O) groups is 2. The Morgan fingerprint density at radius 3 is 2.48 bits per heavy atom. The number of rotatable bonds is 5. The molecule has 1 unspecified atom stereocenters. The van der Waals surface area contributed by atoms with E-state index in [-0.39, 0.29) is 24.3 Å². The monoisotopic (exact) mass is 337 g/mol. The number of likely N-dealkylation sites (tertiary alicyclic amines) is 1. The second kappa shape index (κ2) is 7.94. The lowest BCUT2D eigenvalue weighted by atomic mass is 10.0. The fourth-order valence-corrected chi connectivity index (χ4v) is 3.25. The smallest absolute Gasteiger partial charge is 0.254 e. The van der Waals surface area contributed by atoms with Crippen LogP contribution in [0.15, 0.2) is 54.6 Å². The fraction of sp³-hybridized carbons (Fsp3) is 0.300. The molecule has 2 aromatic carbocycles. The van der Waals surface area contributed by atoms with Gasteiger partial charge in [-0.25, -0.2) is 0 Å². The second-order valence-electron chi connectivity index (χ2n) is 6.23. The average Bonchev–Trinajstić information content (AvgIpc) is 3.12. The molecule has 1 heterocycles. The van der Waals surface area contributed by atoms with Crippen LogP contribution in [0.3, 0.4) is 0 Å². The van der Waals surface area contributed by atoms with Gasteiger partial charge >= 0.3 is 0 Å². The molecule has 1 saturated heterocycles. The van der Waals surface area contributed by atoms with Gasteiger partial charge in [-0.05, 0) is 42.7 Å². The summed E-state index contributed by atoms with van der Waals surface area (Å²) in [6, 6.07) is 17.3. The normalized spacial score (nSPS) is 16.7. The number of hydrogen-bond acceptors (Lipinski definition) is 3. The van der Waals surface area contributed by atoms with Crippen LogP contribution in [0, 0.1) is 0 Å². The standard InChI is InChI=1S/C20H23N3O2/c21-13-12-19(24)22-17-10-8-16(9-11-17)20(25)23-14-4-7-18(23)15-5-2-1-3-6-15/h1-3,5-6,8-11,18H,4,7,12-14,21H2,(H,22,24). The fourth-order valence-electron chi connectivity index (χ4n) is 3.25. The molecule has 0 radical (unpaired) electrons. The molecule has 0 spiro atoms. The van der Waals surface area contributed by atoms with E-state index in [9.17, 15) is 9.59 Å². The van der Waals surface area contributed by atoms with E-state index in [1.54, 1.807) is 24.3 Å². The third-order valence-corrected chi connectivity index (χ3v) is 4.49. The van der Waals surface area contributed by atoms with Crippen LogP contribution >= 0.6 is 0 Å². The van der Waals surface area contributed by atoms with Gasteiger partial charge in [-0.3, -0.25) is 9.59 Å². The maximum atomic E-state index is 12.9. The van der Waals surface area contributed by atoms with E-state index in [1.807, 2.05) is 23.1 Å². The molecule has 0 bridgehead atoms. The summed E-state index contributed by atoms with van der Waals surface area (Å²) in [5.41, 5.74) is 7.86. The van der Waals surface area contributed by atoms with E-state index in [1.165, 1.54) is 5.56 Å². The van der Waals surface area contributed by atoms with Crippen LogP contribution in [0.1, 0.15) is 41.2 Å². The third kappa shape index (κ3) is 4.06. The predicted molar refractivity (Wildman–Crippen MR) is 98.2 cm³/mol. The summed E-state index contributed by atoms with van der Waals surface area (Å²) >= 11 is 0. The van der Waals surface area contributed by atoms with Gasteiger partial charge in [0.1, 0.15) is 0 Å². The molecular formula is C20H23N3O2. The van der Waals surface area contributed by atoms with Gasteiger partial charge in [0, 0.05) is 30.8 Å². The molecular weight excluding hydrogens is 314 g/mol. The molecule has 5 heteroatoms. The van der Waals surface area contributed by atoms with Crippen LogP contribution in [0.4, 0.5) is 5.69 Å². The van der Waals surface area contributed by atoms with Gasteiger partial charge in [-0.15, -0.1) is 0 Å². The number of hydrogen-bond donors (Lipinski definition) is 2. The summed E-state index contributed by atoms with van der Waals surface area (Å²) in [4.78, 5) is 26.4. The number of benzene rings is 2. The first kappa shape index (κ1) is 17.2. The van der Waals surface area contributed by atoms with Gasteiger partial charge in [0.25, 0.3) is 5.91 Å². The van der Waals surface area contributed by atoms with Gasteiger partial charge in [0.15, 0.2) is 0 Å². The van der Waals surface area contributed by atoms with Gasteiger partial charge in [-0.2, -0.15) is 0 Å². The van der Waals surface area contributed by atoms with Gasteiger partial charge in [-0.1, -0.05) is 30.3 Å². The van der Waals surface area contributed by atoms with Crippen LogP contribution in [-0.4, -0.2) is 29.8 Å². The number of nitrogens with one attached hydrogen (secondary N) is 1. The Morgan fingerprint density at radius 2 is 1.80 bits per heavy atom. The molecule has 1 fully saturated rings. The Kier molecular flexibility index (Phi) is 5.46. The Balaban J connectivity index is 1.71. The first-order valence-corrected chi connectivity index (χ1v) is 8.65. The highest BCUT2D eigenvalue weighted by atomic mass is 16.2. The van der Waals surface area contributed by atoms with E-state index < -0.39 is 0 Å². The van der Waals surface area contributed by atoms with Crippen molar-refractivity contribution < 1.29 is 9.59 Å². The van der Waals surface area contributed by atoms with Gasteiger partial charge < -0.3 is 16.0 Å². The molecule has 5 nitrogen and oxygen atoms in total. The Labute approximate surface area is 147 Å². The Hall–Kier alpha value is -2.66. The summed E-state index contributed by atoms with van der Waals surface area (Å²) in [5, 5.41) is 2.77. The summed E-state index contributed by atoms with van der Waals surface area (Å²) in [6.45, 7) is 1.09. The van der Waals surface area contributed by atoms with Crippen molar-refractivity contribution in [3.8, 4) is 0 Å². The van der Waals surface area contributed by atoms with Crippen molar-refractivity contribution in [1.29, 1.82) is 0 Å². The van der Waals surface area contributed by atoms with Gasteiger partial charge in [0.2, 0.25) is 5.91 Å². The first-order valence-electron chi connectivity index (χ1n) is 8.65. The van der Waals surface area contributed by atoms with Crippen molar-refractivity contribution in [2.75, 3.05) is 18.4 Å². The number of anilines is 1. The zero-order chi connectivity index (χ0) is 17.6. The molecule has 2 aromatic rings. The molecule has 1 atom stereocenters. The highest BCUT2D eigenvalue weighted by molar-refractivity contribution is 5.96. The quantitative estimate of drug-likeness (QED) is 0.881. The highest BCUT2D eigenvalue weighted by Gasteiger charge is 2.30. The zero-order valence-corrected chi connectivity index (χ0v) is 14.2. The predicted octanol–water partition coefficient (Wildman–Crippen LogP) is 2.95. The summed E-state index contributed by atoms with van der Waals surface area (Å²) < 4.78 is 0. The van der Waals surface area contributed by atoms with E-state index in [0.717, 1.165) is 19.4 Å². The largest absolute Gasteiger partial charge is 0.332 e. The molecule has 0 aliphatic carbocycles. The summed E-state index contributed by atoms with van der Waals surface area (Å²) in [5.74, 6) is -0.0866. The molecule has 2 amide bonds. The number of amides is 2. The Morgan fingerprint density at radius 1 is 1.08 bits per heavy atom. The maximum Gasteiger partial charge on any atom is 0.254 e. The zero-order valence-electron chi connectivity index (χ0n) is 14.2.